The predicted molar refractivity (Wildman–Crippen MR) is 50.8 cm³/mol. The first-order valence-corrected chi connectivity index (χ1v) is 4.63. The van der Waals surface area contributed by atoms with Gasteiger partial charge >= 0.3 is 0 Å². The molecule has 0 saturated carbocycles. The Morgan fingerprint density at radius 1 is 1.42 bits per heavy atom. The van der Waals surface area contributed by atoms with Crippen LogP contribution in [0.5, 0.6) is 0 Å². The number of piperidine rings is 1. The third-order valence-electron chi connectivity index (χ3n) is 2.36. The molecule has 0 bridgehead atoms. The molecule has 3 heteroatoms. The van der Waals surface area contributed by atoms with Gasteiger partial charge in [-0.2, -0.15) is 0 Å². The number of hydrogen-bond donors (Lipinski definition) is 2. The summed E-state index contributed by atoms with van der Waals surface area (Å²) >= 11 is 0. The minimum Gasteiger partial charge on any atom is -0.400 e. The van der Waals surface area contributed by atoms with Gasteiger partial charge in [-0.15, -0.1) is 0 Å². The fourth-order valence-corrected chi connectivity index (χ4v) is 1.50. The summed E-state index contributed by atoms with van der Waals surface area (Å²) < 4.78 is 0. The van der Waals surface area contributed by atoms with Crippen LogP contribution in [0.25, 0.3) is 0 Å². The lowest BCUT2D eigenvalue weighted by atomic mass is 10.0. The molecule has 1 saturated heterocycles. The topological polar surface area (TPSA) is 55.3 Å². The van der Waals surface area contributed by atoms with Crippen molar-refractivity contribution in [2.24, 2.45) is 17.5 Å². The fraction of sp³-hybridized carbons (Fsp3) is 0.778. The van der Waals surface area contributed by atoms with Gasteiger partial charge in [-0.1, -0.05) is 13.8 Å². The average molecular weight is 169 g/mol. The summed E-state index contributed by atoms with van der Waals surface area (Å²) in [6.07, 6.45) is 3.45. The van der Waals surface area contributed by atoms with Crippen LogP contribution in [0.1, 0.15) is 33.1 Å². The zero-order valence-electron chi connectivity index (χ0n) is 8.01. The van der Waals surface area contributed by atoms with Gasteiger partial charge in [0.2, 0.25) is 0 Å². The van der Waals surface area contributed by atoms with Crippen molar-refractivity contribution in [2.75, 3.05) is 6.54 Å². The van der Waals surface area contributed by atoms with E-state index < -0.39 is 0 Å². The van der Waals surface area contributed by atoms with Crippen molar-refractivity contribution < 1.29 is 0 Å². The van der Waals surface area contributed by atoms with Crippen LogP contribution in [0.2, 0.25) is 0 Å². The first kappa shape index (κ1) is 9.39. The van der Waals surface area contributed by atoms with E-state index in [4.69, 9.17) is 11.6 Å². The predicted octanol–water partition coefficient (Wildman–Crippen LogP) is 1.17. The van der Waals surface area contributed by atoms with E-state index in [2.05, 4.69) is 13.8 Å². The molecule has 1 aliphatic rings. The highest BCUT2D eigenvalue weighted by atomic mass is 15.4. The van der Waals surface area contributed by atoms with Crippen LogP contribution in [0, 0.1) is 5.92 Å². The summed E-state index contributed by atoms with van der Waals surface area (Å²) in [5.41, 5.74) is 8.04. The molecule has 70 valence electrons. The van der Waals surface area contributed by atoms with Crippen LogP contribution >= 0.6 is 0 Å². The molecule has 0 atom stereocenters. The second-order valence-corrected chi connectivity index (χ2v) is 3.71. The lowest BCUT2D eigenvalue weighted by molar-refractivity contribution is 0.291. The lowest BCUT2D eigenvalue weighted by Gasteiger charge is -2.29. The van der Waals surface area contributed by atoms with Crippen LogP contribution in [-0.4, -0.2) is 11.6 Å². The quantitative estimate of drug-likeness (QED) is 0.579. The highest BCUT2D eigenvalue weighted by Gasteiger charge is 2.15. The highest BCUT2D eigenvalue weighted by Crippen LogP contribution is 2.21. The Kier molecular flexibility index (Phi) is 2.98. The molecule has 0 unspecified atom stereocenters. The van der Waals surface area contributed by atoms with E-state index in [0.717, 1.165) is 24.4 Å². The third-order valence-corrected chi connectivity index (χ3v) is 2.36. The smallest absolute Gasteiger partial charge is 0.0480 e. The first-order chi connectivity index (χ1) is 5.63. The number of hydrogen-bond acceptors (Lipinski definition) is 3. The standard InChI is InChI=1S/C9H19N3/c1-7(2)9(10)8-5-3-4-6-12(8)11/h7H,3-6,10-11H2,1-2H3/b9-8-. The number of allylic oxidation sites excluding steroid dienone is 2. The van der Waals surface area contributed by atoms with E-state index in [-0.39, 0.29) is 0 Å². The monoisotopic (exact) mass is 169 g/mol. The SMILES string of the molecule is CC(C)/C(N)=C1\CCCCN1N. The van der Waals surface area contributed by atoms with E-state index in [1.165, 1.54) is 12.8 Å². The van der Waals surface area contributed by atoms with Crippen molar-refractivity contribution in [3.05, 3.63) is 11.4 Å². The van der Waals surface area contributed by atoms with Crippen LogP contribution < -0.4 is 11.6 Å². The summed E-state index contributed by atoms with van der Waals surface area (Å²) in [7, 11) is 0. The third kappa shape index (κ3) is 1.91. The number of nitrogens with zero attached hydrogens (tertiary/aromatic N) is 1. The van der Waals surface area contributed by atoms with E-state index in [1.807, 2.05) is 0 Å². The molecule has 1 heterocycles. The zero-order chi connectivity index (χ0) is 9.14. The van der Waals surface area contributed by atoms with Crippen molar-refractivity contribution in [1.82, 2.24) is 5.01 Å². The lowest BCUT2D eigenvalue weighted by Crippen LogP contribution is -2.36. The Labute approximate surface area is 74.4 Å². The zero-order valence-corrected chi connectivity index (χ0v) is 8.01. The summed E-state index contributed by atoms with van der Waals surface area (Å²) in [6.45, 7) is 5.15. The average Bonchev–Trinajstić information content (AvgIpc) is 2.04. The normalized spacial score (nSPS) is 23.2. The van der Waals surface area contributed by atoms with Crippen molar-refractivity contribution in [1.29, 1.82) is 0 Å². The van der Waals surface area contributed by atoms with Gasteiger partial charge in [0.25, 0.3) is 0 Å². The molecular formula is C9H19N3. The number of nitrogens with two attached hydrogens (primary N) is 2. The fourth-order valence-electron chi connectivity index (χ4n) is 1.50. The maximum Gasteiger partial charge on any atom is 0.0480 e. The molecule has 0 aromatic carbocycles. The second-order valence-electron chi connectivity index (χ2n) is 3.71. The molecule has 1 aliphatic heterocycles. The molecule has 4 N–H and O–H groups in total. The van der Waals surface area contributed by atoms with Crippen LogP contribution in [0.3, 0.4) is 0 Å². The molecule has 3 nitrogen and oxygen atoms in total. The Balaban J connectivity index is 2.75. The van der Waals surface area contributed by atoms with Crippen LogP contribution in [0.4, 0.5) is 0 Å². The van der Waals surface area contributed by atoms with E-state index >= 15 is 0 Å². The van der Waals surface area contributed by atoms with Gasteiger partial charge < -0.3 is 10.7 Å². The maximum atomic E-state index is 5.94. The molecule has 1 rings (SSSR count). The summed E-state index contributed by atoms with van der Waals surface area (Å²) in [6, 6.07) is 0. The molecule has 0 radical (unpaired) electrons. The van der Waals surface area contributed by atoms with Crippen molar-refractivity contribution in [3.8, 4) is 0 Å². The van der Waals surface area contributed by atoms with Crippen LogP contribution in [-0.2, 0) is 0 Å². The highest BCUT2D eigenvalue weighted by molar-refractivity contribution is 5.12. The molecule has 0 aromatic heterocycles. The molecule has 0 aliphatic carbocycles. The Morgan fingerprint density at radius 3 is 2.58 bits per heavy atom. The van der Waals surface area contributed by atoms with Gasteiger partial charge in [0.1, 0.15) is 0 Å². The molecule has 0 amide bonds. The van der Waals surface area contributed by atoms with E-state index in [0.29, 0.717) is 5.92 Å². The van der Waals surface area contributed by atoms with Crippen molar-refractivity contribution in [3.63, 3.8) is 0 Å². The second kappa shape index (κ2) is 3.81. The van der Waals surface area contributed by atoms with Gasteiger partial charge in [0, 0.05) is 17.9 Å². The number of rotatable bonds is 1. The number of hydrazine groups is 1. The van der Waals surface area contributed by atoms with Gasteiger partial charge in [-0.25, -0.2) is 5.84 Å². The molecule has 0 spiro atoms. The Hall–Kier alpha value is -0.700. The summed E-state index contributed by atoms with van der Waals surface area (Å²) in [4.78, 5) is 0. The van der Waals surface area contributed by atoms with Crippen molar-refractivity contribution in [2.45, 2.75) is 33.1 Å². The maximum absolute atomic E-state index is 5.94. The largest absolute Gasteiger partial charge is 0.400 e. The minimum atomic E-state index is 0.407. The first-order valence-electron chi connectivity index (χ1n) is 4.63. The minimum absolute atomic E-state index is 0.407. The van der Waals surface area contributed by atoms with E-state index in [9.17, 15) is 0 Å². The van der Waals surface area contributed by atoms with Gasteiger partial charge in [0.15, 0.2) is 0 Å². The van der Waals surface area contributed by atoms with E-state index in [1.54, 1.807) is 5.01 Å². The van der Waals surface area contributed by atoms with Gasteiger partial charge in [0.05, 0.1) is 0 Å². The van der Waals surface area contributed by atoms with Gasteiger partial charge in [-0.3, -0.25) is 0 Å². The Bertz CT molecular complexity index is 184. The molecule has 12 heavy (non-hydrogen) atoms. The summed E-state index contributed by atoms with van der Waals surface area (Å²) in [5.74, 6) is 6.22. The molecular weight excluding hydrogens is 150 g/mol. The molecule has 0 aromatic rings. The van der Waals surface area contributed by atoms with Gasteiger partial charge in [-0.05, 0) is 25.2 Å². The molecule has 1 fully saturated rings. The van der Waals surface area contributed by atoms with Crippen molar-refractivity contribution >= 4 is 0 Å². The Morgan fingerprint density at radius 2 is 2.08 bits per heavy atom. The summed E-state index contributed by atoms with van der Waals surface area (Å²) in [5, 5.41) is 1.80. The van der Waals surface area contributed by atoms with Crippen LogP contribution in [0.15, 0.2) is 11.4 Å².